The van der Waals surface area contributed by atoms with Gasteiger partial charge in [0.05, 0.1) is 6.61 Å². The fourth-order valence-corrected chi connectivity index (χ4v) is 0.988. The van der Waals surface area contributed by atoms with Crippen LogP contribution in [0.1, 0.15) is 12.5 Å². The predicted molar refractivity (Wildman–Crippen MR) is 50.2 cm³/mol. The number of benzene rings is 1. The summed E-state index contributed by atoms with van der Waals surface area (Å²) in [7, 11) is 0. The van der Waals surface area contributed by atoms with E-state index in [0.717, 1.165) is 11.5 Å². The van der Waals surface area contributed by atoms with Gasteiger partial charge in [-0.15, -0.1) is 0 Å². The van der Waals surface area contributed by atoms with Crippen molar-refractivity contribution in [1.82, 2.24) is 0 Å². The normalized spacial score (nSPS) is 10.0. The molecule has 0 bridgehead atoms. The highest BCUT2D eigenvalue weighted by Crippen LogP contribution is 2.04. The van der Waals surface area contributed by atoms with Crippen LogP contribution in [0.3, 0.4) is 0 Å². The Bertz CT molecular complexity index is 205. The zero-order valence-corrected chi connectivity index (χ0v) is 7.63. The molecule has 0 amide bonds. The summed E-state index contributed by atoms with van der Waals surface area (Å²) in [6.07, 6.45) is 0. The number of hydrogen-bond donors (Lipinski definition) is 0. The molecule has 1 rings (SSSR count). The molecule has 1 aromatic carbocycles. The lowest BCUT2D eigenvalue weighted by Gasteiger charge is -1.99. The van der Waals surface area contributed by atoms with Gasteiger partial charge in [0, 0.05) is 6.61 Å². The molecule has 0 atom stereocenters. The lowest BCUT2D eigenvalue weighted by atomic mass is 10.2. The van der Waals surface area contributed by atoms with Crippen LogP contribution in [0.25, 0.3) is 0 Å². The van der Waals surface area contributed by atoms with Gasteiger partial charge in [-0.2, -0.15) is 0 Å². The summed E-state index contributed by atoms with van der Waals surface area (Å²) in [4.78, 5) is 1.10. The molecule has 0 aliphatic carbocycles. The molecule has 60 valence electrons. The Labute approximate surface area is 72.8 Å². The van der Waals surface area contributed by atoms with E-state index in [-0.39, 0.29) is 0 Å². The van der Waals surface area contributed by atoms with Crippen LogP contribution in [0.2, 0.25) is 0 Å². The maximum absolute atomic E-state index is 5.24. The van der Waals surface area contributed by atoms with Crippen LogP contribution in [0, 0.1) is 0 Å². The Balaban J connectivity index is 2.52. The molecule has 0 saturated carbocycles. The first-order valence-corrected chi connectivity index (χ1v) is 4.21. The molecular formula is C9H13OS+. The van der Waals surface area contributed by atoms with Gasteiger partial charge in [-0.1, -0.05) is 12.1 Å². The van der Waals surface area contributed by atoms with E-state index in [1.807, 2.05) is 19.1 Å². The molecule has 1 nitrogen and oxygen atoms in total. The Hall–Kier alpha value is -0.470. The van der Waals surface area contributed by atoms with Crippen LogP contribution in [-0.4, -0.2) is 6.61 Å². The summed E-state index contributed by atoms with van der Waals surface area (Å²) >= 11 is 3.42. The molecule has 0 saturated heterocycles. The Morgan fingerprint density at radius 1 is 1.27 bits per heavy atom. The Kier molecular flexibility index (Phi) is 3.46. The van der Waals surface area contributed by atoms with Gasteiger partial charge < -0.3 is 4.74 Å². The average molecular weight is 169 g/mol. The van der Waals surface area contributed by atoms with Crippen LogP contribution in [0.15, 0.2) is 29.2 Å². The molecule has 0 fully saturated rings. The van der Waals surface area contributed by atoms with E-state index in [1.54, 1.807) is 0 Å². The fraction of sp³-hybridized carbons (Fsp3) is 0.333. The molecule has 0 aliphatic rings. The van der Waals surface area contributed by atoms with Crippen LogP contribution in [0.5, 0.6) is 0 Å². The van der Waals surface area contributed by atoms with E-state index >= 15 is 0 Å². The summed E-state index contributed by atoms with van der Waals surface area (Å²) in [5.41, 5.74) is 1.22. The molecule has 11 heavy (non-hydrogen) atoms. The molecule has 1 aromatic rings. The number of rotatable bonds is 3. The summed E-state index contributed by atoms with van der Waals surface area (Å²) < 4.78 is 5.24. The van der Waals surface area contributed by atoms with Crippen LogP contribution in [-0.2, 0) is 24.0 Å². The van der Waals surface area contributed by atoms with Gasteiger partial charge in [-0.25, -0.2) is 0 Å². The van der Waals surface area contributed by atoms with E-state index in [9.17, 15) is 0 Å². The van der Waals surface area contributed by atoms with Gasteiger partial charge in [-0.05, 0) is 37.2 Å². The van der Waals surface area contributed by atoms with Crippen molar-refractivity contribution in [3.8, 4) is 0 Å². The molecule has 2 heteroatoms. The van der Waals surface area contributed by atoms with E-state index < -0.39 is 0 Å². The highest BCUT2D eigenvalue weighted by molar-refractivity contribution is 7.58. The van der Waals surface area contributed by atoms with Crippen molar-refractivity contribution in [2.75, 3.05) is 6.61 Å². The van der Waals surface area contributed by atoms with Gasteiger partial charge in [0.15, 0.2) is 0 Å². The quantitative estimate of drug-likeness (QED) is 0.624. The van der Waals surface area contributed by atoms with Crippen LogP contribution < -0.4 is 0 Å². The average Bonchev–Trinajstić information content (AvgIpc) is 2.04. The molecule has 0 unspecified atom stereocenters. The molecular weight excluding hydrogens is 156 g/mol. The second-order valence-electron chi connectivity index (χ2n) is 2.33. The van der Waals surface area contributed by atoms with Crippen molar-refractivity contribution in [3.05, 3.63) is 29.8 Å². The van der Waals surface area contributed by atoms with Crippen molar-refractivity contribution in [1.29, 1.82) is 0 Å². The first kappa shape index (κ1) is 8.62. The topological polar surface area (TPSA) is 9.23 Å². The van der Waals surface area contributed by atoms with Gasteiger partial charge in [0.1, 0.15) is 4.90 Å². The Morgan fingerprint density at radius 2 is 1.91 bits per heavy atom. The summed E-state index contributed by atoms with van der Waals surface area (Å²) in [6, 6.07) is 8.15. The zero-order valence-electron chi connectivity index (χ0n) is 6.63. The standard InChI is InChI=1S/C9H12OS/c1-2-10-7-8-3-5-9(11)6-4-8/h3-6,11H,2,7H2,1H3/p+1. The maximum atomic E-state index is 5.24. The number of hydrogen-bond acceptors (Lipinski definition) is 1. The molecule has 0 aromatic heterocycles. The fourth-order valence-electron chi connectivity index (χ4n) is 0.821. The highest BCUT2D eigenvalue weighted by atomic mass is 32.1. The smallest absolute Gasteiger partial charge is 0.150 e. The monoisotopic (exact) mass is 169 g/mol. The second kappa shape index (κ2) is 4.42. The number of ether oxygens (including phenoxy) is 1. The van der Waals surface area contributed by atoms with Crippen molar-refractivity contribution in [2.45, 2.75) is 18.4 Å². The first-order chi connectivity index (χ1) is 5.33. The third kappa shape index (κ3) is 2.95. The van der Waals surface area contributed by atoms with Gasteiger partial charge >= 0.3 is 0 Å². The van der Waals surface area contributed by atoms with Crippen molar-refractivity contribution < 1.29 is 4.74 Å². The minimum absolute atomic E-state index is 0.711. The third-order valence-electron chi connectivity index (χ3n) is 1.43. The van der Waals surface area contributed by atoms with E-state index in [4.69, 9.17) is 4.74 Å². The largest absolute Gasteiger partial charge is 0.377 e. The summed E-state index contributed by atoms with van der Waals surface area (Å²) in [6.45, 7) is 3.48. The van der Waals surface area contributed by atoms with Gasteiger partial charge in [0.2, 0.25) is 0 Å². The molecule has 0 aliphatic heterocycles. The molecule has 0 heterocycles. The first-order valence-electron chi connectivity index (χ1n) is 3.71. The SMILES string of the molecule is CCOCc1ccc([SH2+])cc1. The second-order valence-corrected chi connectivity index (χ2v) is 2.91. The van der Waals surface area contributed by atoms with Crippen molar-refractivity contribution in [3.63, 3.8) is 0 Å². The Morgan fingerprint density at radius 3 is 2.45 bits per heavy atom. The minimum atomic E-state index is 0.711. The highest BCUT2D eigenvalue weighted by Gasteiger charge is 1.93. The molecule has 0 N–H and O–H groups in total. The summed E-state index contributed by atoms with van der Waals surface area (Å²) in [5.74, 6) is 0. The van der Waals surface area contributed by atoms with Gasteiger partial charge in [0.25, 0.3) is 0 Å². The van der Waals surface area contributed by atoms with Crippen molar-refractivity contribution >= 4 is 12.6 Å². The van der Waals surface area contributed by atoms with Crippen LogP contribution >= 0.6 is 0 Å². The maximum Gasteiger partial charge on any atom is 0.150 e. The third-order valence-corrected chi connectivity index (χ3v) is 1.76. The zero-order chi connectivity index (χ0) is 8.10. The predicted octanol–water partition coefficient (Wildman–Crippen LogP) is 1.59. The van der Waals surface area contributed by atoms with E-state index in [2.05, 4.69) is 24.8 Å². The van der Waals surface area contributed by atoms with Crippen LogP contribution in [0.4, 0.5) is 0 Å². The minimum Gasteiger partial charge on any atom is -0.377 e. The summed E-state index contributed by atoms with van der Waals surface area (Å²) in [5, 5.41) is 0. The lowest BCUT2D eigenvalue weighted by Crippen LogP contribution is -1.90. The van der Waals surface area contributed by atoms with E-state index in [0.29, 0.717) is 6.61 Å². The van der Waals surface area contributed by atoms with E-state index in [1.165, 1.54) is 5.56 Å². The molecule has 0 spiro atoms. The van der Waals surface area contributed by atoms with Gasteiger partial charge in [-0.3, -0.25) is 0 Å². The van der Waals surface area contributed by atoms with Crippen molar-refractivity contribution in [2.24, 2.45) is 0 Å². The lowest BCUT2D eigenvalue weighted by molar-refractivity contribution is 0.134. The molecule has 0 radical (unpaired) electrons.